The van der Waals surface area contributed by atoms with Crippen molar-refractivity contribution in [1.82, 2.24) is 15.4 Å². The number of hydrogen-bond acceptors (Lipinski definition) is 7. The van der Waals surface area contributed by atoms with Crippen LogP contribution in [-0.4, -0.2) is 21.7 Å². The third kappa shape index (κ3) is 4.09. The highest BCUT2D eigenvalue weighted by molar-refractivity contribution is 7.11. The second kappa shape index (κ2) is 7.28. The van der Waals surface area contributed by atoms with Crippen LogP contribution in [0.15, 0.2) is 47.0 Å². The van der Waals surface area contributed by atoms with Gasteiger partial charge in [-0.2, -0.15) is 0 Å². The van der Waals surface area contributed by atoms with Gasteiger partial charge in [-0.25, -0.2) is 0 Å². The van der Waals surface area contributed by atoms with Crippen LogP contribution < -0.4 is 9.47 Å². The van der Waals surface area contributed by atoms with E-state index in [1.807, 2.05) is 6.07 Å². The van der Waals surface area contributed by atoms with E-state index in [4.69, 9.17) is 9.26 Å². The summed E-state index contributed by atoms with van der Waals surface area (Å²) in [4.78, 5) is 0. The van der Waals surface area contributed by atoms with Gasteiger partial charge in [0.15, 0.2) is 10.6 Å². The average Bonchev–Trinajstić information content (AvgIpc) is 3.32. The van der Waals surface area contributed by atoms with Gasteiger partial charge >= 0.3 is 6.36 Å². The average molecular weight is 433 g/mol. The summed E-state index contributed by atoms with van der Waals surface area (Å²) in [5.74, 6) is 0.593. The molecule has 0 unspecified atom stereocenters. The highest BCUT2D eigenvalue weighted by Crippen LogP contribution is 2.41. The van der Waals surface area contributed by atoms with E-state index >= 15 is 0 Å². The molecule has 0 spiro atoms. The molecule has 6 nitrogen and oxygen atoms in total. The third-order valence-corrected chi connectivity index (χ3v) is 5.66. The molecule has 2 heterocycles. The number of aromatic nitrogens is 3. The van der Waals surface area contributed by atoms with Gasteiger partial charge in [-0.1, -0.05) is 29.5 Å². The van der Waals surface area contributed by atoms with Crippen LogP contribution in [0.1, 0.15) is 28.8 Å². The van der Waals surface area contributed by atoms with E-state index in [-0.39, 0.29) is 12.4 Å². The Hall–Kier alpha value is -3.14. The Labute approximate surface area is 172 Å². The maximum Gasteiger partial charge on any atom is 0.573 e. The van der Waals surface area contributed by atoms with Crippen molar-refractivity contribution in [1.29, 1.82) is 0 Å². The Morgan fingerprint density at radius 1 is 1.03 bits per heavy atom. The van der Waals surface area contributed by atoms with Crippen LogP contribution >= 0.6 is 11.3 Å². The first kappa shape index (κ1) is 18.9. The fourth-order valence-corrected chi connectivity index (χ4v) is 3.92. The van der Waals surface area contributed by atoms with E-state index in [1.165, 1.54) is 23.5 Å². The monoisotopic (exact) mass is 433 g/mol. The zero-order valence-electron chi connectivity index (χ0n) is 15.3. The molecule has 2 aromatic carbocycles. The Bertz CT molecular complexity index is 1180. The van der Waals surface area contributed by atoms with Crippen LogP contribution in [0, 0.1) is 0 Å². The van der Waals surface area contributed by atoms with Crippen molar-refractivity contribution in [2.45, 2.75) is 31.7 Å². The van der Waals surface area contributed by atoms with Crippen LogP contribution in [0.5, 0.6) is 11.6 Å². The summed E-state index contributed by atoms with van der Waals surface area (Å²) in [6, 6.07) is 11.0. The molecule has 10 heteroatoms. The molecule has 0 radical (unpaired) electrons. The first-order valence-electron chi connectivity index (χ1n) is 9.15. The lowest BCUT2D eigenvalue weighted by molar-refractivity contribution is -0.274. The van der Waals surface area contributed by atoms with Crippen LogP contribution in [0.25, 0.3) is 22.1 Å². The first-order chi connectivity index (χ1) is 14.4. The summed E-state index contributed by atoms with van der Waals surface area (Å²) < 4.78 is 52.0. The zero-order chi connectivity index (χ0) is 20.7. The minimum absolute atomic E-state index is 0.236. The quantitative estimate of drug-likeness (QED) is 0.388. The number of nitrogens with zero attached hydrogens (tertiary/aromatic N) is 3. The van der Waals surface area contributed by atoms with Crippen molar-refractivity contribution in [2.75, 3.05) is 0 Å². The highest BCUT2D eigenvalue weighted by Gasteiger charge is 2.31. The largest absolute Gasteiger partial charge is 0.573 e. The number of hydrogen-bond donors (Lipinski definition) is 0. The molecular formula is C20H14F3N3O3S. The van der Waals surface area contributed by atoms with Crippen LogP contribution in [0.3, 0.4) is 0 Å². The molecule has 154 valence electrons. The molecule has 0 atom stereocenters. The molecule has 0 aliphatic heterocycles. The van der Waals surface area contributed by atoms with Gasteiger partial charge in [0.2, 0.25) is 0 Å². The topological polar surface area (TPSA) is 70.3 Å². The van der Waals surface area contributed by atoms with E-state index in [9.17, 15) is 13.2 Å². The lowest BCUT2D eigenvalue weighted by Gasteiger charge is -2.09. The lowest BCUT2D eigenvalue weighted by atomic mass is 10.0. The molecule has 30 heavy (non-hydrogen) atoms. The molecule has 0 N–H and O–H groups in total. The van der Waals surface area contributed by atoms with Crippen molar-refractivity contribution < 1.29 is 27.2 Å². The minimum atomic E-state index is -4.72. The lowest BCUT2D eigenvalue weighted by Crippen LogP contribution is -2.16. The van der Waals surface area contributed by atoms with Crippen molar-refractivity contribution in [3.8, 4) is 22.8 Å². The van der Waals surface area contributed by atoms with E-state index in [1.54, 1.807) is 24.3 Å². The Morgan fingerprint density at radius 3 is 2.53 bits per heavy atom. The third-order valence-electron chi connectivity index (χ3n) is 4.60. The first-order valence-corrected chi connectivity index (χ1v) is 9.97. The van der Waals surface area contributed by atoms with E-state index in [0.29, 0.717) is 22.8 Å². The molecule has 4 aromatic rings. The number of halogens is 3. The van der Waals surface area contributed by atoms with E-state index in [0.717, 1.165) is 34.0 Å². The predicted octanol–water partition coefficient (Wildman–Crippen LogP) is 5.70. The molecular weight excluding hydrogens is 419 g/mol. The Balaban J connectivity index is 1.34. The van der Waals surface area contributed by atoms with Gasteiger partial charge in [0.05, 0.1) is 5.39 Å². The van der Waals surface area contributed by atoms with Gasteiger partial charge in [0.1, 0.15) is 17.4 Å². The number of alkyl halides is 3. The fourth-order valence-electron chi connectivity index (χ4n) is 3.00. The SMILES string of the molecule is FC(F)(F)Oc1ccc(-c2ccc3onc(OCc4nnc(C5CC5)s4)c3c2)cc1. The van der Waals surface area contributed by atoms with Crippen molar-refractivity contribution in [2.24, 2.45) is 0 Å². The number of fused-ring (bicyclic) bond motifs is 1. The summed E-state index contributed by atoms with van der Waals surface area (Å²) >= 11 is 1.54. The molecule has 1 aliphatic rings. The molecule has 2 aromatic heterocycles. The molecule has 0 saturated heterocycles. The second-order valence-electron chi connectivity index (χ2n) is 6.87. The van der Waals surface area contributed by atoms with Gasteiger partial charge < -0.3 is 14.0 Å². The Kier molecular flexibility index (Phi) is 4.58. The minimum Gasteiger partial charge on any atom is -0.468 e. The predicted molar refractivity (Wildman–Crippen MR) is 102 cm³/mol. The maximum absolute atomic E-state index is 12.3. The van der Waals surface area contributed by atoms with Gasteiger partial charge in [-0.05, 0) is 53.4 Å². The molecule has 0 amide bonds. The standard InChI is InChI=1S/C20H14F3N3O3S/c21-20(22,23)28-14-6-3-11(4-7-14)13-5-8-16-15(9-13)18(26-29-16)27-10-17-24-25-19(30-17)12-1-2-12/h3-9,12H,1-2,10H2. The van der Waals surface area contributed by atoms with Gasteiger partial charge in [0, 0.05) is 5.92 Å². The molecule has 0 bridgehead atoms. The van der Waals surface area contributed by atoms with E-state index in [2.05, 4.69) is 20.1 Å². The summed E-state index contributed by atoms with van der Waals surface area (Å²) in [7, 11) is 0. The second-order valence-corrected chi connectivity index (χ2v) is 7.96. The molecule has 1 saturated carbocycles. The van der Waals surface area contributed by atoms with E-state index < -0.39 is 6.36 Å². The Morgan fingerprint density at radius 2 is 1.80 bits per heavy atom. The van der Waals surface area contributed by atoms with Crippen LogP contribution in [0.4, 0.5) is 13.2 Å². The summed E-state index contributed by atoms with van der Waals surface area (Å²) in [6.07, 6.45) is -2.40. The summed E-state index contributed by atoms with van der Waals surface area (Å²) in [5.41, 5.74) is 2.04. The molecule has 5 rings (SSSR count). The normalized spacial score (nSPS) is 14.2. The van der Waals surface area contributed by atoms with Crippen molar-refractivity contribution in [3.63, 3.8) is 0 Å². The molecule has 1 aliphatic carbocycles. The summed E-state index contributed by atoms with van der Waals surface area (Å²) in [5, 5.41) is 14.8. The van der Waals surface area contributed by atoms with Crippen molar-refractivity contribution >= 4 is 22.3 Å². The summed E-state index contributed by atoms with van der Waals surface area (Å²) in [6.45, 7) is 0.236. The van der Waals surface area contributed by atoms with Gasteiger partial charge in [0.25, 0.3) is 5.88 Å². The van der Waals surface area contributed by atoms with Crippen LogP contribution in [-0.2, 0) is 6.61 Å². The number of benzene rings is 2. The number of rotatable bonds is 6. The smallest absolute Gasteiger partial charge is 0.468 e. The van der Waals surface area contributed by atoms with Gasteiger partial charge in [-0.3, -0.25) is 0 Å². The molecule has 1 fully saturated rings. The van der Waals surface area contributed by atoms with Crippen LogP contribution in [0.2, 0.25) is 0 Å². The fraction of sp³-hybridized carbons (Fsp3) is 0.250. The maximum atomic E-state index is 12.3. The highest BCUT2D eigenvalue weighted by atomic mass is 32.1. The zero-order valence-corrected chi connectivity index (χ0v) is 16.2. The van der Waals surface area contributed by atoms with Crippen molar-refractivity contribution in [3.05, 3.63) is 52.5 Å². The van der Waals surface area contributed by atoms with Gasteiger partial charge in [-0.15, -0.1) is 23.4 Å². The number of ether oxygens (including phenoxy) is 2.